The Morgan fingerprint density at radius 3 is 2.72 bits per heavy atom. The minimum atomic E-state index is -0.161. The second-order valence-electron chi connectivity index (χ2n) is 5.72. The van der Waals surface area contributed by atoms with Crippen LogP contribution >= 0.6 is 0 Å². The molecule has 0 aromatic heterocycles. The molecule has 0 aliphatic carbocycles. The van der Waals surface area contributed by atoms with Crippen molar-refractivity contribution in [2.45, 2.75) is 58.0 Å². The fourth-order valence-electron chi connectivity index (χ4n) is 2.63. The van der Waals surface area contributed by atoms with Crippen LogP contribution in [0.4, 0.5) is 0 Å². The molecule has 0 spiro atoms. The van der Waals surface area contributed by atoms with Crippen molar-refractivity contribution in [3.8, 4) is 0 Å². The Balaban J connectivity index is 2.43. The molecule has 1 fully saturated rings. The number of hydrogen-bond acceptors (Lipinski definition) is 4. The topological polar surface area (TPSA) is 41.6 Å². The highest BCUT2D eigenvalue weighted by Crippen LogP contribution is 2.28. The van der Waals surface area contributed by atoms with Gasteiger partial charge in [0.25, 0.3) is 0 Å². The first kappa shape index (κ1) is 15.4. The molecule has 0 bridgehead atoms. The van der Waals surface area contributed by atoms with Gasteiger partial charge in [-0.25, -0.2) is 0 Å². The standard InChI is InChI=1S/C14H28N2O2/c1-5-9-15-12(13(17)18-4)7-11-16-10-6-8-14(16,2)3/h12,15H,5-11H2,1-4H3. The van der Waals surface area contributed by atoms with Gasteiger partial charge in [-0.1, -0.05) is 6.92 Å². The number of carbonyl (C=O) groups is 1. The van der Waals surface area contributed by atoms with Crippen molar-refractivity contribution in [2.75, 3.05) is 26.7 Å². The van der Waals surface area contributed by atoms with Crippen molar-refractivity contribution in [2.24, 2.45) is 0 Å². The highest BCUT2D eigenvalue weighted by atomic mass is 16.5. The SMILES string of the molecule is CCCNC(CCN1CCCC1(C)C)C(=O)OC. The van der Waals surface area contributed by atoms with Crippen molar-refractivity contribution < 1.29 is 9.53 Å². The molecule has 0 aromatic carbocycles. The van der Waals surface area contributed by atoms with E-state index in [0.29, 0.717) is 0 Å². The van der Waals surface area contributed by atoms with Crippen LogP contribution in [0.25, 0.3) is 0 Å². The number of likely N-dealkylation sites (tertiary alicyclic amines) is 1. The van der Waals surface area contributed by atoms with Crippen molar-refractivity contribution in [1.29, 1.82) is 0 Å². The molecule has 4 nitrogen and oxygen atoms in total. The molecule has 1 aliphatic rings. The van der Waals surface area contributed by atoms with Crippen LogP contribution in [0.15, 0.2) is 0 Å². The monoisotopic (exact) mass is 256 g/mol. The molecule has 1 rings (SSSR count). The molecule has 1 unspecified atom stereocenters. The number of nitrogens with zero attached hydrogens (tertiary/aromatic N) is 1. The van der Waals surface area contributed by atoms with Gasteiger partial charge in [-0.15, -0.1) is 0 Å². The molecule has 18 heavy (non-hydrogen) atoms. The van der Waals surface area contributed by atoms with E-state index in [1.54, 1.807) is 0 Å². The molecular weight excluding hydrogens is 228 g/mol. The van der Waals surface area contributed by atoms with Gasteiger partial charge in [-0.3, -0.25) is 9.69 Å². The molecule has 0 amide bonds. The Morgan fingerprint density at radius 1 is 1.50 bits per heavy atom. The fraction of sp³-hybridized carbons (Fsp3) is 0.929. The molecule has 1 saturated heterocycles. The maximum atomic E-state index is 11.7. The zero-order valence-electron chi connectivity index (χ0n) is 12.3. The largest absolute Gasteiger partial charge is 0.468 e. The van der Waals surface area contributed by atoms with Crippen LogP contribution in [0.3, 0.4) is 0 Å². The van der Waals surface area contributed by atoms with Crippen molar-refractivity contribution in [3.05, 3.63) is 0 Å². The zero-order valence-corrected chi connectivity index (χ0v) is 12.3. The first-order valence-electron chi connectivity index (χ1n) is 7.07. The summed E-state index contributed by atoms with van der Waals surface area (Å²) in [5, 5.41) is 3.27. The summed E-state index contributed by atoms with van der Waals surface area (Å²) in [7, 11) is 1.46. The fourth-order valence-corrected chi connectivity index (χ4v) is 2.63. The maximum absolute atomic E-state index is 11.7. The van der Waals surface area contributed by atoms with E-state index >= 15 is 0 Å². The third-order valence-corrected chi connectivity index (χ3v) is 3.89. The van der Waals surface area contributed by atoms with Gasteiger partial charge in [-0.2, -0.15) is 0 Å². The van der Waals surface area contributed by atoms with Gasteiger partial charge in [0.1, 0.15) is 6.04 Å². The second-order valence-corrected chi connectivity index (χ2v) is 5.72. The molecule has 1 heterocycles. The van der Waals surface area contributed by atoms with E-state index in [1.807, 2.05) is 0 Å². The van der Waals surface area contributed by atoms with Crippen LogP contribution in [0, 0.1) is 0 Å². The lowest BCUT2D eigenvalue weighted by Crippen LogP contribution is -2.44. The molecule has 4 heteroatoms. The van der Waals surface area contributed by atoms with E-state index in [9.17, 15) is 4.79 Å². The maximum Gasteiger partial charge on any atom is 0.322 e. The van der Waals surface area contributed by atoms with Crippen LogP contribution in [0.2, 0.25) is 0 Å². The van der Waals surface area contributed by atoms with E-state index in [4.69, 9.17) is 4.74 Å². The Labute approximate surface area is 111 Å². The summed E-state index contributed by atoms with van der Waals surface area (Å²) in [4.78, 5) is 14.2. The summed E-state index contributed by atoms with van der Waals surface area (Å²) < 4.78 is 4.86. The molecule has 0 aromatic rings. The van der Waals surface area contributed by atoms with Crippen LogP contribution < -0.4 is 5.32 Å². The highest BCUT2D eigenvalue weighted by molar-refractivity contribution is 5.75. The molecule has 1 atom stereocenters. The van der Waals surface area contributed by atoms with E-state index in [1.165, 1.54) is 20.0 Å². The van der Waals surface area contributed by atoms with Gasteiger partial charge in [0, 0.05) is 12.1 Å². The number of rotatable bonds is 7. The lowest BCUT2D eigenvalue weighted by molar-refractivity contribution is -0.143. The Hall–Kier alpha value is -0.610. The predicted octanol–water partition coefficient (Wildman–Crippen LogP) is 1.79. The molecular formula is C14H28N2O2. The lowest BCUT2D eigenvalue weighted by Gasteiger charge is -2.32. The number of hydrogen-bond donors (Lipinski definition) is 1. The van der Waals surface area contributed by atoms with Crippen molar-refractivity contribution >= 4 is 5.97 Å². The normalized spacial score (nSPS) is 20.9. The Bertz CT molecular complexity index is 267. The van der Waals surface area contributed by atoms with Crippen LogP contribution in [0.5, 0.6) is 0 Å². The van der Waals surface area contributed by atoms with E-state index < -0.39 is 0 Å². The van der Waals surface area contributed by atoms with Gasteiger partial charge >= 0.3 is 5.97 Å². The summed E-state index contributed by atoms with van der Waals surface area (Å²) in [6, 6.07) is -0.161. The Kier molecular flexibility index (Phi) is 6.09. The molecule has 106 valence electrons. The summed E-state index contributed by atoms with van der Waals surface area (Å²) in [6.07, 6.45) is 4.37. The number of methoxy groups -OCH3 is 1. The van der Waals surface area contributed by atoms with E-state index in [-0.39, 0.29) is 17.6 Å². The lowest BCUT2D eigenvalue weighted by atomic mass is 10.0. The van der Waals surface area contributed by atoms with Gasteiger partial charge in [-0.05, 0) is 52.6 Å². The number of nitrogens with one attached hydrogen (secondary N) is 1. The van der Waals surface area contributed by atoms with Crippen LogP contribution in [-0.4, -0.2) is 49.2 Å². The van der Waals surface area contributed by atoms with Gasteiger partial charge in [0.05, 0.1) is 7.11 Å². The zero-order chi connectivity index (χ0) is 13.6. The first-order valence-corrected chi connectivity index (χ1v) is 7.07. The van der Waals surface area contributed by atoms with Crippen molar-refractivity contribution in [1.82, 2.24) is 10.2 Å². The number of ether oxygens (including phenoxy) is 1. The Morgan fingerprint density at radius 2 is 2.22 bits per heavy atom. The minimum Gasteiger partial charge on any atom is -0.468 e. The number of esters is 1. The summed E-state index contributed by atoms with van der Waals surface area (Å²) >= 11 is 0. The number of carbonyl (C=O) groups excluding carboxylic acids is 1. The van der Waals surface area contributed by atoms with Crippen LogP contribution in [-0.2, 0) is 9.53 Å². The third-order valence-electron chi connectivity index (χ3n) is 3.89. The predicted molar refractivity (Wildman–Crippen MR) is 73.6 cm³/mol. The van der Waals surface area contributed by atoms with E-state index in [0.717, 1.165) is 32.5 Å². The van der Waals surface area contributed by atoms with E-state index in [2.05, 4.69) is 31.0 Å². The minimum absolute atomic E-state index is 0.138. The summed E-state index contributed by atoms with van der Waals surface area (Å²) in [5.74, 6) is -0.138. The van der Waals surface area contributed by atoms with Gasteiger partial charge in [0.15, 0.2) is 0 Å². The smallest absolute Gasteiger partial charge is 0.322 e. The highest BCUT2D eigenvalue weighted by Gasteiger charge is 2.32. The van der Waals surface area contributed by atoms with Gasteiger partial charge < -0.3 is 10.1 Å². The van der Waals surface area contributed by atoms with Gasteiger partial charge in [0.2, 0.25) is 0 Å². The van der Waals surface area contributed by atoms with Crippen LogP contribution in [0.1, 0.15) is 46.5 Å². The molecule has 1 aliphatic heterocycles. The third kappa shape index (κ3) is 4.25. The molecule has 0 saturated carbocycles. The quantitative estimate of drug-likeness (QED) is 0.705. The molecule has 0 radical (unpaired) electrons. The molecule has 1 N–H and O–H groups in total. The van der Waals surface area contributed by atoms with Crippen molar-refractivity contribution in [3.63, 3.8) is 0 Å². The average Bonchev–Trinajstić information content (AvgIpc) is 2.68. The summed E-state index contributed by atoms with van der Waals surface area (Å²) in [6.45, 7) is 9.64. The second kappa shape index (κ2) is 7.10. The average molecular weight is 256 g/mol. The summed E-state index contributed by atoms with van der Waals surface area (Å²) in [5.41, 5.74) is 0.283. The first-order chi connectivity index (χ1) is 8.51.